The summed E-state index contributed by atoms with van der Waals surface area (Å²) in [5.41, 5.74) is 2.17. The molecular weight excluding hydrogens is 258 g/mol. The van der Waals surface area contributed by atoms with Crippen LogP contribution in [0.3, 0.4) is 0 Å². The Morgan fingerprint density at radius 2 is 1.67 bits per heavy atom. The summed E-state index contributed by atoms with van der Waals surface area (Å²) in [5, 5.41) is 14.1. The van der Waals surface area contributed by atoms with E-state index in [1.54, 1.807) is 0 Å². The van der Waals surface area contributed by atoms with Crippen LogP contribution in [-0.2, 0) is 0 Å². The van der Waals surface area contributed by atoms with E-state index >= 15 is 0 Å². The molecule has 1 unspecified atom stereocenters. The van der Waals surface area contributed by atoms with Crippen LogP contribution in [-0.4, -0.2) is 11.1 Å². The second-order valence-corrected chi connectivity index (χ2v) is 7.91. The SMILES string of the molecule is Cc1ccc(C(C)NC2C3CC4CC(C3)CC2C4)c(O)c1. The van der Waals surface area contributed by atoms with Crippen LogP contribution >= 0.6 is 0 Å². The molecule has 0 spiro atoms. The molecule has 0 saturated heterocycles. The van der Waals surface area contributed by atoms with Crippen molar-refractivity contribution in [2.24, 2.45) is 23.7 Å². The van der Waals surface area contributed by atoms with Crippen LogP contribution in [0.25, 0.3) is 0 Å². The van der Waals surface area contributed by atoms with Crippen molar-refractivity contribution >= 4 is 0 Å². The third-order valence-corrected chi connectivity index (χ3v) is 6.32. The lowest BCUT2D eigenvalue weighted by molar-refractivity contribution is -0.0171. The number of aromatic hydroxyl groups is 1. The fourth-order valence-electron chi connectivity index (χ4n) is 5.60. The molecule has 1 aromatic rings. The third-order valence-electron chi connectivity index (χ3n) is 6.32. The highest BCUT2D eigenvalue weighted by Crippen LogP contribution is 2.54. The molecule has 4 saturated carbocycles. The number of nitrogens with one attached hydrogen (secondary N) is 1. The summed E-state index contributed by atoms with van der Waals surface area (Å²) in [6.07, 6.45) is 7.27. The average Bonchev–Trinajstić information content (AvgIpc) is 2.41. The zero-order valence-corrected chi connectivity index (χ0v) is 13.2. The molecule has 2 nitrogen and oxygen atoms in total. The summed E-state index contributed by atoms with van der Waals surface area (Å²) < 4.78 is 0. The number of phenolic OH excluding ortho intramolecular Hbond substituents is 1. The molecule has 114 valence electrons. The minimum atomic E-state index is 0.244. The van der Waals surface area contributed by atoms with Gasteiger partial charge in [-0.05, 0) is 81.3 Å². The Kier molecular flexibility index (Phi) is 3.25. The van der Waals surface area contributed by atoms with Crippen molar-refractivity contribution in [2.45, 2.75) is 58.0 Å². The predicted molar refractivity (Wildman–Crippen MR) is 85.2 cm³/mol. The first-order valence-corrected chi connectivity index (χ1v) is 8.65. The van der Waals surface area contributed by atoms with Gasteiger partial charge in [-0.1, -0.05) is 12.1 Å². The zero-order valence-electron chi connectivity index (χ0n) is 13.2. The maximum Gasteiger partial charge on any atom is 0.120 e. The van der Waals surface area contributed by atoms with Gasteiger partial charge in [-0.3, -0.25) is 0 Å². The van der Waals surface area contributed by atoms with Gasteiger partial charge in [0.1, 0.15) is 5.75 Å². The largest absolute Gasteiger partial charge is 0.508 e. The van der Waals surface area contributed by atoms with Gasteiger partial charge in [0.05, 0.1) is 0 Å². The Morgan fingerprint density at radius 3 is 2.24 bits per heavy atom. The van der Waals surface area contributed by atoms with Gasteiger partial charge in [0.15, 0.2) is 0 Å². The van der Waals surface area contributed by atoms with Gasteiger partial charge < -0.3 is 10.4 Å². The van der Waals surface area contributed by atoms with Gasteiger partial charge in [-0.25, -0.2) is 0 Å². The lowest BCUT2D eigenvalue weighted by Gasteiger charge is -2.55. The molecule has 0 amide bonds. The number of aryl methyl sites for hydroxylation is 1. The normalized spacial score (nSPS) is 38.7. The van der Waals surface area contributed by atoms with Gasteiger partial charge in [-0.2, -0.15) is 0 Å². The van der Waals surface area contributed by atoms with Gasteiger partial charge in [0.25, 0.3) is 0 Å². The molecule has 4 aliphatic rings. The number of benzene rings is 1. The number of rotatable bonds is 3. The number of hydrogen-bond donors (Lipinski definition) is 2. The van der Waals surface area contributed by atoms with Crippen LogP contribution in [0.1, 0.15) is 56.2 Å². The smallest absolute Gasteiger partial charge is 0.120 e. The Bertz CT molecular complexity index is 510. The van der Waals surface area contributed by atoms with Crippen molar-refractivity contribution in [2.75, 3.05) is 0 Å². The fourth-order valence-corrected chi connectivity index (χ4v) is 5.60. The van der Waals surface area contributed by atoms with Crippen molar-refractivity contribution in [3.63, 3.8) is 0 Å². The van der Waals surface area contributed by atoms with Crippen LogP contribution in [0.15, 0.2) is 18.2 Å². The standard InChI is InChI=1S/C19H27NO/c1-11-3-4-17(18(21)5-11)12(2)20-19-15-7-13-6-14(9-15)10-16(19)8-13/h3-5,12-16,19-21H,6-10H2,1-2H3. The minimum absolute atomic E-state index is 0.244. The van der Waals surface area contributed by atoms with Crippen LogP contribution in [0.2, 0.25) is 0 Å². The van der Waals surface area contributed by atoms with Crippen molar-refractivity contribution in [3.8, 4) is 5.75 Å². The zero-order chi connectivity index (χ0) is 14.6. The molecule has 0 aliphatic heterocycles. The number of hydrogen-bond acceptors (Lipinski definition) is 2. The van der Waals surface area contributed by atoms with Crippen molar-refractivity contribution < 1.29 is 5.11 Å². The summed E-state index contributed by atoms with van der Waals surface area (Å²) in [4.78, 5) is 0. The molecule has 2 heteroatoms. The molecule has 0 radical (unpaired) electrons. The number of phenols is 1. The fraction of sp³-hybridized carbons (Fsp3) is 0.684. The first-order chi connectivity index (χ1) is 10.1. The molecular formula is C19H27NO. The monoisotopic (exact) mass is 285 g/mol. The van der Waals surface area contributed by atoms with Crippen LogP contribution in [0.5, 0.6) is 5.75 Å². The quantitative estimate of drug-likeness (QED) is 0.873. The maximum absolute atomic E-state index is 10.2. The molecule has 21 heavy (non-hydrogen) atoms. The molecule has 4 bridgehead atoms. The Hall–Kier alpha value is -1.02. The second-order valence-electron chi connectivity index (χ2n) is 7.91. The highest BCUT2D eigenvalue weighted by atomic mass is 16.3. The van der Waals surface area contributed by atoms with Crippen molar-refractivity contribution in [1.29, 1.82) is 0 Å². The van der Waals surface area contributed by atoms with E-state index < -0.39 is 0 Å². The Morgan fingerprint density at radius 1 is 1.05 bits per heavy atom. The van der Waals surface area contributed by atoms with Gasteiger partial charge in [-0.15, -0.1) is 0 Å². The van der Waals surface area contributed by atoms with E-state index in [9.17, 15) is 5.11 Å². The highest BCUT2D eigenvalue weighted by Gasteiger charge is 2.48. The average molecular weight is 285 g/mol. The molecule has 0 aromatic heterocycles. The molecule has 0 heterocycles. The summed E-state index contributed by atoms with van der Waals surface area (Å²) >= 11 is 0. The second kappa shape index (κ2) is 5.01. The topological polar surface area (TPSA) is 32.3 Å². The van der Waals surface area contributed by atoms with E-state index in [1.165, 1.54) is 32.1 Å². The van der Waals surface area contributed by atoms with Crippen LogP contribution in [0.4, 0.5) is 0 Å². The third kappa shape index (κ3) is 2.38. The van der Waals surface area contributed by atoms with E-state index in [4.69, 9.17) is 0 Å². The van der Waals surface area contributed by atoms with E-state index in [0.717, 1.165) is 34.8 Å². The van der Waals surface area contributed by atoms with Crippen molar-refractivity contribution in [3.05, 3.63) is 29.3 Å². The Balaban J connectivity index is 1.50. The highest BCUT2D eigenvalue weighted by molar-refractivity contribution is 5.37. The lowest BCUT2D eigenvalue weighted by Crippen LogP contribution is -2.54. The van der Waals surface area contributed by atoms with Crippen LogP contribution in [0, 0.1) is 30.6 Å². The van der Waals surface area contributed by atoms with Gasteiger partial charge >= 0.3 is 0 Å². The van der Waals surface area contributed by atoms with Gasteiger partial charge in [0, 0.05) is 17.6 Å². The molecule has 1 atom stereocenters. The summed E-state index contributed by atoms with van der Waals surface area (Å²) in [5.74, 6) is 4.26. The molecule has 2 N–H and O–H groups in total. The molecule has 4 fully saturated rings. The van der Waals surface area contributed by atoms with Crippen LogP contribution < -0.4 is 5.32 Å². The lowest BCUT2D eigenvalue weighted by atomic mass is 9.54. The van der Waals surface area contributed by atoms with Gasteiger partial charge in [0.2, 0.25) is 0 Å². The van der Waals surface area contributed by atoms with E-state index in [0.29, 0.717) is 11.8 Å². The summed E-state index contributed by atoms with van der Waals surface area (Å²) in [7, 11) is 0. The molecule has 4 aliphatic carbocycles. The first kappa shape index (κ1) is 13.6. The Labute approximate surface area is 128 Å². The molecule has 1 aromatic carbocycles. The summed E-state index contributed by atoms with van der Waals surface area (Å²) in [6, 6.07) is 6.98. The predicted octanol–water partition coefficient (Wildman–Crippen LogP) is 4.18. The first-order valence-electron chi connectivity index (χ1n) is 8.65. The van der Waals surface area contributed by atoms with Crippen molar-refractivity contribution in [1.82, 2.24) is 5.32 Å². The van der Waals surface area contributed by atoms with E-state index in [1.807, 2.05) is 13.0 Å². The molecule has 5 rings (SSSR count). The van der Waals surface area contributed by atoms with E-state index in [-0.39, 0.29) is 6.04 Å². The minimum Gasteiger partial charge on any atom is -0.508 e. The maximum atomic E-state index is 10.2. The van der Waals surface area contributed by atoms with E-state index in [2.05, 4.69) is 24.4 Å². The summed E-state index contributed by atoms with van der Waals surface area (Å²) in [6.45, 7) is 4.23.